The topological polar surface area (TPSA) is 110 Å². The van der Waals surface area contributed by atoms with E-state index < -0.39 is 22.6 Å². The lowest BCUT2D eigenvalue weighted by Gasteiger charge is -2.27. The number of imidazole rings is 1. The lowest BCUT2D eigenvalue weighted by molar-refractivity contribution is -0.136. The molecule has 0 atom stereocenters. The van der Waals surface area contributed by atoms with Crippen LogP contribution in [-0.4, -0.2) is 28.2 Å². The number of anilines is 4. The second kappa shape index (κ2) is 8.73. The number of phenolic OH excluding ortho intramolecular Hbond substituents is 1. The number of halogens is 3. The van der Waals surface area contributed by atoms with Crippen LogP contribution in [0.15, 0.2) is 46.2 Å². The van der Waals surface area contributed by atoms with Crippen molar-refractivity contribution in [2.24, 2.45) is 0 Å². The van der Waals surface area contributed by atoms with E-state index in [-0.39, 0.29) is 40.4 Å². The first-order chi connectivity index (χ1) is 16.2. The van der Waals surface area contributed by atoms with Crippen molar-refractivity contribution in [3.63, 3.8) is 0 Å². The standard InChI is InChI=1S/C23H22F3N5O3/c1-3-31(4-2)20-15(9-14(23(24,25)26)16-17(20)29-11-28-16)30-19-18(21(33)22(19)34)27-10-12-6-5-7-13(32)8-12/h5-9,11,27,30,32H,3-4,10H2,1-2H3,(H,28,29). The largest absolute Gasteiger partial charge is 0.508 e. The molecule has 4 N–H and O–H groups in total. The Morgan fingerprint density at radius 2 is 1.79 bits per heavy atom. The van der Waals surface area contributed by atoms with Crippen molar-refractivity contribution in [1.82, 2.24) is 9.97 Å². The van der Waals surface area contributed by atoms with Gasteiger partial charge in [0.05, 0.1) is 28.8 Å². The van der Waals surface area contributed by atoms with Gasteiger partial charge in [-0.25, -0.2) is 4.98 Å². The van der Waals surface area contributed by atoms with Crippen molar-refractivity contribution in [2.45, 2.75) is 26.6 Å². The number of H-pyrrole nitrogens is 1. The molecule has 178 valence electrons. The van der Waals surface area contributed by atoms with Gasteiger partial charge in [-0.05, 0) is 37.6 Å². The van der Waals surface area contributed by atoms with E-state index in [1.54, 1.807) is 12.1 Å². The predicted octanol–water partition coefficient (Wildman–Crippen LogP) is 4.09. The van der Waals surface area contributed by atoms with Crippen LogP contribution >= 0.6 is 0 Å². The van der Waals surface area contributed by atoms with Gasteiger partial charge < -0.3 is 25.6 Å². The average molecular weight is 473 g/mol. The minimum atomic E-state index is -4.68. The van der Waals surface area contributed by atoms with E-state index in [9.17, 15) is 27.9 Å². The maximum absolute atomic E-state index is 13.8. The molecule has 0 fully saturated rings. The SMILES string of the molecule is CCN(CC)c1c(Nc2c(NCc3cccc(O)c3)c(=O)c2=O)cc(C(F)(F)F)c2nc[nH]c12. The smallest absolute Gasteiger partial charge is 0.418 e. The van der Waals surface area contributed by atoms with Crippen LogP contribution in [-0.2, 0) is 12.7 Å². The van der Waals surface area contributed by atoms with Crippen molar-refractivity contribution >= 4 is 33.8 Å². The maximum atomic E-state index is 13.8. The Morgan fingerprint density at radius 3 is 2.44 bits per heavy atom. The summed E-state index contributed by atoms with van der Waals surface area (Å²) in [6.45, 7) is 4.81. The van der Waals surface area contributed by atoms with Crippen LogP contribution < -0.4 is 26.4 Å². The van der Waals surface area contributed by atoms with Gasteiger partial charge in [-0.15, -0.1) is 0 Å². The van der Waals surface area contributed by atoms with Gasteiger partial charge in [0.25, 0.3) is 10.9 Å². The van der Waals surface area contributed by atoms with Crippen molar-refractivity contribution in [3.8, 4) is 5.75 Å². The van der Waals surface area contributed by atoms with Gasteiger partial charge in [0, 0.05) is 19.6 Å². The summed E-state index contributed by atoms with van der Waals surface area (Å²) in [4.78, 5) is 33.0. The highest BCUT2D eigenvalue weighted by atomic mass is 19.4. The van der Waals surface area contributed by atoms with Crippen molar-refractivity contribution in [1.29, 1.82) is 0 Å². The van der Waals surface area contributed by atoms with Crippen LogP contribution in [0.1, 0.15) is 25.0 Å². The van der Waals surface area contributed by atoms with Gasteiger partial charge in [-0.2, -0.15) is 13.2 Å². The van der Waals surface area contributed by atoms with Gasteiger partial charge in [0.1, 0.15) is 22.6 Å². The first kappa shape index (κ1) is 23.1. The van der Waals surface area contributed by atoms with Crippen LogP contribution in [0, 0.1) is 0 Å². The van der Waals surface area contributed by atoms with Crippen molar-refractivity contribution < 1.29 is 18.3 Å². The summed E-state index contributed by atoms with van der Waals surface area (Å²) in [7, 11) is 0. The molecule has 4 aromatic rings. The third-order valence-electron chi connectivity index (χ3n) is 5.61. The third-order valence-corrected chi connectivity index (χ3v) is 5.61. The summed E-state index contributed by atoms with van der Waals surface area (Å²) in [6.07, 6.45) is -3.49. The van der Waals surface area contributed by atoms with E-state index in [0.717, 1.165) is 6.07 Å². The predicted molar refractivity (Wildman–Crippen MR) is 125 cm³/mol. The highest BCUT2D eigenvalue weighted by molar-refractivity contribution is 6.00. The zero-order valence-corrected chi connectivity index (χ0v) is 18.4. The maximum Gasteiger partial charge on any atom is 0.418 e. The fourth-order valence-corrected chi connectivity index (χ4v) is 3.95. The Morgan fingerprint density at radius 1 is 1.09 bits per heavy atom. The van der Waals surface area contributed by atoms with Crippen LogP contribution in [0.4, 0.5) is 35.9 Å². The number of benzene rings is 2. The number of aromatic hydroxyl groups is 1. The van der Waals surface area contributed by atoms with Gasteiger partial charge in [0.2, 0.25) is 0 Å². The van der Waals surface area contributed by atoms with Crippen LogP contribution in [0.5, 0.6) is 5.75 Å². The average Bonchev–Trinajstić information content (AvgIpc) is 3.28. The molecule has 3 aromatic carbocycles. The summed E-state index contributed by atoms with van der Waals surface area (Å²) in [6, 6.07) is 7.23. The van der Waals surface area contributed by atoms with E-state index in [1.165, 1.54) is 18.5 Å². The highest BCUT2D eigenvalue weighted by Crippen LogP contribution is 2.43. The molecule has 0 radical (unpaired) electrons. The Balaban J connectivity index is 1.78. The molecule has 0 saturated heterocycles. The number of aromatic nitrogens is 2. The number of nitrogens with one attached hydrogen (secondary N) is 3. The van der Waals surface area contributed by atoms with E-state index in [2.05, 4.69) is 20.6 Å². The molecule has 0 saturated carbocycles. The summed E-state index contributed by atoms with van der Waals surface area (Å²) in [5, 5.41) is 15.2. The number of nitrogens with zero attached hydrogens (tertiary/aromatic N) is 2. The van der Waals surface area contributed by atoms with Gasteiger partial charge in [0.15, 0.2) is 0 Å². The molecule has 0 aliphatic carbocycles. The quantitative estimate of drug-likeness (QED) is 0.285. The Kier molecular flexibility index (Phi) is 5.94. The molecule has 4 rings (SSSR count). The van der Waals surface area contributed by atoms with Crippen LogP contribution in [0.2, 0.25) is 0 Å². The molecular weight excluding hydrogens is 451 g/mol. The van der Waals surface area contributed by atoms with Crippen LogP contribution in [0.25, 0.3) is 11.0 Å². The minimum absolute atomic E-state index is 0.0280. The Hall–Kier alpha value is -4.02. The fourth-order valence-electron chi connectivity index (χ4n) is 3.95. The Labute approximate surface area is 191 Å². The highest BCUT2D eigenvalue weighted by Gasteiger charge is 2.36. The number of hydrogen-bond acceptors (Lipinski definition) is 7. The molecule has 1 heterocycles. The van der Waals surface area contributed by atoms with Crippen LogP contribution in [0.3, 0.4) is 0 Å². The van der Waals surface area contributed by atoms with Crippen molar-refractivity contribution in [2.75, 3.05) is 28.6 Å². The Bertz CT molecular complexity index is 1420. The van der Waals surface area contributed by atoms with Gasteiger partial charge >= 0.3 is 6.18 Å². The summed E-state index contributed by atoms with van der Waals surface area (Å²) < 4.78 is 41.4. The van der Waals surface area contributed by atoms with E-state index >= 15 is 0 Å². The van der Waals surface area contributed by atoms with E-state index in [0.29, 0.717) is 24.3 Å². The summed E-state index contributed by atoms with van der Waals surface area (Å²) in [5.74, 6) is 0.0408. The number of hydrogen-bond donors (Lipinski definition) is 4. The van der Waals surface area contributed by atoms with Gasteiger partial charge in [-0.3, -0.25) is 9.59 Å². The lowest BCUT2D eigenvalue weighted by atomic mass is 10.1. The zero-order valence-electron chi connectivity index (χ0n) is 18.4. The molecule has 34 heavy (non-hydrogen) atoms. The molecular formula is C23H22F3N5O3. The zero-order chi connectivity index (χ0) is 24.6. The lowest BCUT2D eigenvalue weighted by Crippen LogP contribution is -2.37. The molecule has 0 unspecified atom stereocenters. The summed E-state index contributed by atoms with van der Waals surface area (Å²) >= 11 is 0. The monoisotopic (exact) mass is 473 g/mol. The van der Waals surface area contributed by atoms with Gasteiger partial charge in [-0.1, -0.05) is 12.1 Å². The third kappa shape index (κ3) is 4.04. The first-order valence-electron chi connectivity index (χ1n) is 10.6. The normalized spacial score (nSPS) is 11.8. The number of phenols is 1. The number of aromatic amines is 1. The summed E-state index contributed by atoms with van der Waals surface area (Å²) in [5.41, 5.74) is -1.68. The van der Waals surface area contributed by atoms with E-state index in [1.807, 2.05) is 18.7 Å². The second-order valence-corrected chi connectivity index (χ2v) is 7.67. The molecule has 0 aliphatic rings. The second-order valence-electron chi connectivity index (χ2n) is 7.67. The molecule has 11 heteroatoms. The molecule has 0 aliphatic heterocycles. The molecule has 1 aromatic heterocycles. The molecule has 8 nitrogen and oxygen atoms in total. The minimum Gasteiger partial charge on any atom is -0.508 e. The number of fused-ring (bicyclic) bond motifs is 1. The van der Waals surface area contributed by atoms with Crippen molar-refractivity contribution in [3.05, 3.63) is 68.2 Å². The number of alkyl halides is 3. The molecule has 0 spiro atoms. The fraction of sp³-hybridized carbons (Fsp3) is 0.261. The number of rotatable bonds is 8. The molecule has 0 bridgehead atoms. The molecule has 0 amide bonds. The first-order valence-corrected chi connectivity index (χ1v) is 10.6. The van der Waals surface area contributed by atoms with E-state index in [4.69, 9.17) is 0 Å².